The first-order valence-electron chi connectivity index (χ1n) is 5.93. The molecule has 0 saturated heterocycles. The Kier molecular flexibility index (Phi) is 3.43. The second-order valence-electron chi connectivity index (χ2n) is 4.47. The minimum absolute atomic E-state index is 0.190. The molecule has 1 aromatic carbocycles. The van der Waals surface area contributed by atoms with Gasteiger partial charge in [-0.05, 0) is 48.6 Å². The highest BCUT2D eigenvalue weighted by atomic mass is 19.4. The SMILES string of the molecule is CC[C@@H]1CNCCc2ccc(C(F)(F)F)cc21. The van der Waals surface area contributed by atoms with Crippen LogP contribution in [0.5, 0.6) is 0 Å². The average molecular weight is 243 g/mol. The molecule has 1 nitrogen and oxygen atoms in total. The van der Waals surface area contributed by atoms with Gasteiger partial charge in [0, 0.05) is 6.54 Å². The summed E-state index contributed by atoms with van der Waals surface area (Å²) >= 11 is 0. The van der Waals surface area contributed by atoms with Crippen molar-refractivity contribution in [1.29, 1.82) is 0 Å². The molecule has 17 heavy (non-hydrogen) atoms. The molecule has 1 aliphatic rings. The van der Waals surface area contributed by atoms with Crippen LogP contribution in [0.1, 0.15) is 36.0 Å². The fraction of sp³-hybridized carbons (Fsp3) is 0.538. The van der Waals surface area contributed by atoms with Gasteiger partial charge in [0.05, 0.1) is 5.56 Å². The lowest BCUT2D eigenvalue weighted by Crippen LogP contribution is -2.19. The van der Waals surface area contributed by atoms with E-state index in [0.29, 0.717) is 0 Å². The van der Waals surface area contributed by atoms with Crippen molar-refractivity contribution >= 4 is 0 Å². The lowest BCUT2D eigenvalue weighted by Gasteiger charge is -2.17. The fourth-order valence-corrected chi connectivity index (χ4v) is 2.35. The summed E-state index contributed by atoms with van der Waals surface area (Å²) in [5.74, 6) is 0.190. The molecule has 4 heteroatoms. The quantitative estimate of drug-likeness (QED) is 0.797. The van der Waals surface area contributed by atoms with E-state index in [0.717, 1.165) is 37.1 Å². The Morgan fingerprint density at radius 2 is 2.12 bits per heavy atom. The first-order valence-corrected chi connectivity index (χ1v) is 5.93. The summed E-state index contributed by atoms with van der Waals surface area (Å²) < 4.78 is 38.0. The molecule has 1 N–H and O–H groups in total. The molecule has 1 aliphatic heterocycles. The summed E-state index contributed by atoms with van der Waals surface area (Å²) in [6.07, 6.45) is -2.57. The molecule has 0 saturated carbocycles. The van der Waals surface area contributed by atoms with Gasteiger partial charge in [-0.3, -0.25) is 0 Å². The number of benzene rings is 1. The van der Waals surface area contributed by atoms with Crippen molar-refractivity contribution in [3.8, 4) is 0 Å². The predicted molar refractivity (Wildman–Crippen MR) is 61.0 cm³/mol. The Balaban J connectivity index is 2.43. The third-order valence-corrected chi connectivity index (χ3v) is 3.37. The van der Waals surface area contributed by atoms with E-state index in [1.54, 1.807) is 6.07 Å². The van der Waals surface area contributed by atoms with Gasteiger partial charge in [-0.2, -0.15) is 13.2 Å². The summed E-state index contributed by atoms with van der Waals surface area (Å²) in [5.41, 5.74) is 1.39. The second kappa shape index (κ2) is 4.69. The van der Waals surface area contributed by atoms with E-state index in [2.05, 4.69) is 5.32 Å². The fourth-order valence-electron chi connectivity index (χ4n) is 2.35. The monoisotopic (exact) mass is 243 g/mol. The molecule has 0 aliphatic carbocycles. The highest BCUT2D eigenvalue weighted by Crippen LogP contribution is 2.34. The van der Waals surface area contributed by atoms with Gasteiger partial charge < -0.3 is 5.32 Å². The number of fused-ring (bicyclic) bond motifs is 1. The van der Waals surface area contributed by atoms with Crippen molar-refractivity contribution in [3.63, 3.8) is 0 Å². The molecule has 0 unspecified atom stereocenters. The molecule has 94 valence electrons. The average Bonchev–Trinajstić information content (AvgIpc) is 2.48. The van der Waals surface area contributed by atoms with Crippen molar-refractivity contribution in [1.82, 2.24) is 5.32 Å². The van der Waals surface area contributed by atoms with Gasteiger partial charge in [0.2, 0.25) is 0 Å². The van der Waals surface area contributed by atoms with E-state index in [-0.39, 0.29) is 5.92 Å². The molecule has 1 heterocycles. The first kappa shape index (κ1) is 12.4. The molecule has 0 fully saturated rings. The van der Waals surface area contributed by atoms with Crippen LogP contribution in [-0.4, -0.2) is 13.1 Å². The lowest BCUT2D eigenvalue weighted by atomic mass is 9.90. The van der Waals surface area contributed by atoms with E-state index in [9.17, 15) is 13.2 Å². The Bertz CT molecular complexity index is 398. The topological polar surface area (TPSA) is 12.0 Å². The number of hydrogen-bond donors (Lipinski definition) is 1. The standard InChI is InChI=1S/C13H16F3N/c1-2-9-8-17-6-5-10-3-4-11(7-12(9)10)13(14,15)16/h3-4,7,9,17H,2,5-6,8H2,1H3/t9-/m1/s1. The maximum Gasteiger partial charge on any atom is 0.416 e. The molecule has 0 amide bonds. The third kappa shape index (κ3) is 2.63. The molecule has 0 radical (unpaired) electrons. The van der Waals surface area contributed by atoms with Gasteiger partial charge in [0.25, 0.3) is 0 Å². The van der Waals surface area contributed by atoms with E-state index in [1.165, 1.54) is 12.1 Å². The van der Waals surface area contributed by atoms with Crippen LogP contribution in [0.25, 0.3) is 0 Å². The molecule has 1 aromatic rings. The van der Waals surface area contributed by atoms with Crippen LogP contribution < -0.4 is 5.32 Å². The zero-order valence-corrected chi connectivity index (χ0v) is 9.77. The first-order chi connectivity index (χ1) is 8.02. The summed E-state index contributed by atoms with van der Waals surface area (Å²) in [7, 11) is 0. The maximum atomic E-state index is 12.7. The summed E-state index contributed by atoms with van der Waals surface area (Å²) in [6, 6.07) is 4.15. The van der Waals surface area contributed by atoms with Gasteiger partial charge in [0.1, 0.15) is 0 Å². The minimum atomic E-state index is -4.24. The Morgan fingerprint density at radius 3 is 2.76 bits per heavy atom. The van der Waals surface area contributed by atoms with Crippen LogP contribution in [-0.2, 0) is 12.6 Å². The summed E-state index contributed by atoms with van der Waals surface area (Å²) in [4.78, 5) is 0. The maximum absolute atomic E-state index is 12.7. The van der Waals surface area contributed by atoms with Gasteiger partial charge in [0.15, 0.2) is 0 Å². The Labute approximate surface area is 99.0 Å². The van der Waals surface area contributed by atoms with Crippen molar-refractivity contribution in [2.75, 3.05) is 13.1 Å². The normalized spacial score (nSPS) is 20.8. The zero-order chi connectivity index (χ0) is 12.5. The summed E-state index contributed by atoms with van der Waals surface area (Å²) in [6.45, 7) is 3.63. The molecule has 0 spiro atoms. The number of nitrogens with one attached hydrogen (secondary N) is 1. The van der Waals surface area contributed by atoms with Crippen LogP contribution in [0, 0.1) is 0 Å². The highest BCUT2D eigenvalue weighted by molar-refractivity contribution is 5.37. The number of alkyl halides is 3. The Hall–Kier alpha value is -1.03. The number of rotatable bonds is 1. The predicted octanol–water partition coefficient (Wildman–Crippen LogP) is 3.34. The van der Waals surface area contributed by atoms with Gasteiger partial charge in [-0.1, -0.05) is 13.0 Å². The lowest BCUT2D eigenvalue weighted by molar-refractivity contribution is -0.137. The van der Waals surface area contributed by atoms with E-state index < -0.39 is 11.7 Å². The molecule has 0 aromatic heterocycles. The van der Waals surface area contributed by atoms with Crippen molar-refractivity contribution in [2.45, 2.75) is 31.9 Å². The van der Waals surface area contributed by atoms with Crippen LogP contribution in [0.4, 0.5) is 13.2 Å². The van der Waals surface area contributed by atoms with Crippen LogP contribution in [0.3, 0.4) is 0 Å². The smallest absolute Gasteiger partial charge is 0.316 e. The minimum Gasteiger partial charge on any atom is -0.316 e. The van der Waals surface area contributed by atoms with Crippen molar-refractivity contribution in [3.05, 3.63) is 34.9 Å². The second-order valence-corrected chi connectivity index (χ2v) is 4.47. The van der Waals surface area contributed by atoms with Crippen molar-refractivity contribution in [2.24, 2.45) is 0 Å². The summed E-state index contributed by atoms with van der Waals surface area (Å²) in [5, 5.41) is 3.27. The molecule has 1 atom stereocenters. The van der Waals surface area contributed by atoms with Crippen LogP contribution in [0.15, 0.2) is 18.2 Å². The van der Waals surface area contributed by atoms with E-state index in [4.69, 9.17) is 0 Å². The van der Waals surface area contributed by atoms with Crippen LogP contribution in [0.2, 0.25) is 0 Å². The van der Waals surface area contributed by atoms with E-state index in [1.807, 2.05) is 6.92 Å². The Morgan fingerprint density at radius 1 is 1.35 bits per heavy atom. The molecule has 0 bridgehead atoms. The van der Waals surface area contributed by atoms with Crippen LogP contribution >= 0.6 is 0 Å². The van der Waals surface area contributed by atoms with Crippen molar-refractivity contribution < 1.29 is 13.2 Å². The third-order valence-electron chi connectivity index (χ3n) is 3.37. The highest BCUT2D eigenvalue weighted by Gasteiger charge is 2.31. The van der Waals surface area contributed by atoms with Gasteiger partial charge in [-0.25, -0.2) is 0 Å². The largest absolute Gasteiger partial charge is 0.416 e. The van der Waals surface area contributed by atoms with Gasteiger partial charge in [-0.15, -0.1) is 0 Å². The van der Waals surface area contributed by atoms with E-state index >= 15 is 0 Å². The molecule has 2 rings (SSSR count). The zero-order valence-electron chi connectivity index (χ0n) is 9.77. The molecular weight excluding hydrogens is 227 g/mol. The van der Waals surface area contributed by atoms with Gasteiger partial charge >= 0.3 is 6.18 Å². The number of halogens is 3. The number of hydrogen-bond acceptors (Lipinski definition) is 1. The molecular formula is C13H16F3N.